The van der Waals surface area contributed by atoms with E-state index in [9.17, 15) is 4.79 Å². The maximum Gasteiger partial charge on any atom is 0.326 e. The number of rotatable bonds is 4. The molecule has 0 amide bonds. The molecule has 0 aromatic heterocycles. The van der Waals surface area contributed by atoms with Crippen LogP contribution in [0.25, 0.3) is 0 Å². The normalized spacial score (nSPS) is 12.5. The lowest BCUT2D eigenvalue weighted by Crippen LogP contribution is -2.34. The number of hydrogen-bond acceptors (Lipinski definition) is 2. The van der Waals surface area contributed by atoms with Crippen LogP contribution in [0, 0.1) is 5.92 Å². The number of benzene rings is 1. The molecule has 0 radical (unpaired) electrons. The van der Waals surface area contributed by atoms with Crippen LogP contribution in [0.15, 0.2) is 28.7 Å². The number of carboxylic acid groups (broad SMARTS) is 1. The van der Waals surface area contributed by atoms with Crippen LogP contribution in [-0.4, -0.2) is 17.1 Å². The van der Waals surface area contributed by atoms with E-state index >= 15 is 0 Å². The Morgan fingerprint density at radius 1 is 1.47 bits per heavy atom. The van der Waals surface area contributed by atoms with Crippen molar-refractivity contribution in [2.75, 3.05) is 5.32 Å². The number of hydrogen-bond donors (Lipinski definition) is 2. The summed E-state index contributed by atoms with van der Waals surface area (Å²) in [5, 5.41) is 12.0. The van der Waals surface area contributed by atoms with Gasteiger partial charge >= 0.3 is 5.97 Å². The quantitative estimate of drug-likeness (QED) is 0.885. The van der Waals surface area contributed by atoms with Gasteiger partial charge in [-0.25, -0.2) is 4.79 Å². The fraction of sp³-hybridized carbons (Fsp3) is 0.364. The molecule has 1 atom stereocenters. The van der Waals surface area contributed by atoms with Crippen LogP contribution in [0.2, 0.25) is 0 Å². The molecule has 0 aliphatic rings. The third-order valence-electron chi connectivity index (χ3n) is 2.08. The lowest BCUT2D eigenvalue weighted by Gasteiger charge is -2.19. The van der Waals surface area contributed by atoms with Crippen molar-refractivity contribution >= 4 is 27.6 Å². The highest BCUT2D eigenvalue weighted by molar-refractivity contribution is 9.10. The third kappa shape index (κ3) is 3.55. The summed E-state index contributed by atoms with van der Waals surface area (Å²) in [4.78, 5) is 11.0. The first-order valence-corrected chi connectivity index (χ1v) is 5.55. The van der Waals surface area contributed by atoms with Gasteiger partial charge in [0.15, 0.2) is 0 Å². The lowest BCUT2D eigenvalue weighted by molar-refractivity contribution is -0.138. The Kier molecular flexibility index (Phi) is 4.15. The Balaban J connectivity index is 2.79. The Morgan fingerprint density at radius 3 is 2.60 bits per heavy atom. The van der Waals surface area contributed by atoms with Gasteiger partial charge in [-0.2, -0.15) is 0 Å². The van der Waals surface area contributed by atoms with Crippen molar-refractivity contribution in [2.45, 2.75) is 19.9 Å². The standard InChI is InChI=1S/C11H14BrNO2/c1-7(2)10(11(14)15)13-9-5-3-4-8(12)6-9/h3-7,10,13H,1-2H3,(H,14,15). The van der Waals surface area contributed by atoms with Crippen LogP contribution in [-0.2, 0) is 4.79 Å². The van der Waals surface area contributed by atoms with E-state index in [0.717, 1.165) is 10.2 Å². The monoisotopic (exact) mass is 271 g/mol. The van der Waals surface area contributed by atoms with Crippen molar-refractivity contribution in [3.63, 3.8) is 0 Å². The number of halogens is 1. The molecule has 3 nitrogen and oxygen atoms in total. The zero-order valence-corrected chi connectivity index (χ0v) is 10.3. The molecule has 1 rings (SSSR count). The molecule has 1 aromatic carbocycles. The van der Waals surface area contributed by atoms with E-state index in [1.807, 2.05) is 38.1 Å². The average molecular weight is 272 g/mol. The van der Waals surface area contributed by atoms with E-state index in [0.29, 0.717) is 0 Å². The molecule has 1 aromatic rings. The summed E-state index contributed by atoms with van der Waals surface area (Å²) in [5.74, 6) is -0.786. The molecule has 4 heteroatoms. The van der Waals surface area contributed by atoms with Crippen LogP contribution in [0.3, 0.4) is 0 Å². The number of nitrogens with one attached hydrogen (secondary N) is 1. The summed E-state index contributed by atoms with van der Waals surface area (Å²) >= 11 is 3.34. The van der Waals surface area contributed by atoms with Gasteiger partial charge in [0, 0.05) is 10.2 Å². The van der Waals surface area contributed by atoms with Gasteiger partial charge in [0.2, 0.25) is 0 Å². The van der Waals surface area contributed by atoms with Crippen molar-refractivity contribution in [2.24, 2.45) is 5.92 Å². The summed E-state index contributed by atoms with van der Waals surface area (Å²) in [6, 6.07) is 6.92. The van der Waals surface area contributed by atoms with Crippen molar-refractivity contribution in [1.82, 2.24) is 0 Å². The van der Waals surface area contributed by atoms with Crippen molar-refractivity contribution in [3.05, 3.63) is 28.7 Å². The summed E-state index contributed by atoms with van der Waals surface area (Å²) < 4.78 is 0.931. The zero-order valence-electron chi connectivity index (χ0n) is 8.70. The van der Waals surface area contributed by atoms with E-state index in [-0.39, 0.29) is 5.92 Å². The van der Waals surface area contributed by atoms with Gasteiger partial charge in [0.05, 0.1) is 0 Å². The van der Waals surface area contributed by atoms with E-state index in [4.69, 9.17) is 5.11 Å². The van der Waals surface area contributed by atoms with Gasteiger partial charge in [-0.3, -0.25) is 0 Å². The highest BCUT2D eigenvalue weighted by atomic mass is 79.9. The number of carboxylic acids is 1. The topological polar surface area (TPSA) is 49.3 Å². The molecule has 2 N–H and O–H groups in total. The van der Waals surface area contributed by atoms with Crippen LogP contribution in [0.1, 0.15) is 13.8 Å². The van der Waals surface area contributed by atoms with Crippen LogP contribution < -0.4 is 5.32 Å². The highest BCUT2D eigenvalue weighted by Gasteiger charge is 2.20. The Bertz CT molecular complexity index is 352. The zero-order chi connectivity index (χ0) is 11.4. The predicted molar refractivity (Wildman–Crippen MR) is 64.0 cm³/mol. The third-order valence-corrected chi connectivity index (χ3v) is 2.57. The fourth-order valence-electron chi connectivity index (χ4n) is 1.27. The van der Waals surface area contributed by atoms with Crippen LogP contribution in [0.5, 0.6) is 0 Å². The summed E-state index contributed by atoms with van der Waals surface area (Å²) in [5.41, 5.74) is 0.811. The molecule has 1 unspecified atom stereocenters. The second-order valence-electron chi connectivity index (χ2n) is 3.71. The molecule has 0 spiro atoms. The minimum Gasteiger partial charge on any atom is -0.480 e. The second kappa shape index (κ2) is 5.16. The molecule has 0 bridgehead atoms. The number of aliphatic carboxylic acids is 1. The van der Waals surface area contributed by atoms with Gasteiger partial charge in [-0.1, -0.05) is 35.8 Å². The smallest absolute Gasteiger partial charge is 0.326 e. The first kappa shape index (κ1) is 12.0. The van der Waals surface area contributed by atoms with Crippen LogP contribution >= 0.6 is 15.9 Å². The summed E-state index contributed by atoms with van der Waals surface area (Å²) in [6.07, 6.45) is 0. The van der Waals surface area contributed by atoms with Gasteiger partial charge in [0.1, 0.15) is 6.04 Å². The molecule has 0 aliphatic heterocycles. The molecule has 15 heavy (non-hydrogen) atoms. The van der Waals surface area contributed by atoms with E-state index in [1.54, 1.807) is 0 Å². The molecule has 0 saturated carbocycles. The number of anilines is 1. The molecule has 0 heterocycles. The Morgan fingerprint density at radius 2 is 2.13 bits per heavy atom. The van der Waals surface area contributed by atoms with Gasteiger partial charge in [-0.15, -0.1) is 0 Å². The van der Waals surface area contributed by atoms with E-state index in [1.165, 1.54) is 0 Å². The van der Waals surface area contributed by atoms with E-state index < -0.39 is 12.0 Å². The fourth-order valence-corrected chi connectivity index (χ4v) is 1.67. The van der Waals surface area contributed by atoms with E-state index in [2.05, 4.69) is 21.2 Å². The largest absolute Gasteiger partial charge is 0.480 e. The second-order valence-corrected chi connectivity index (χ2v) is 4.63. The highest BCUT2D eigenvalue weighted by Crippen LogP contribution is 2.18. The molecule has 0 saturated heterocycles. The average Bonchev–Trinajstić information content (AvgIpc) is 2.13. The molecular weight excluding hydrogens is 258 g/mol. The molecular formula is C11H14BrNO2. The Hall–Kier alpha value is -1.03. The number of carbonyl (C=O) groups is 1. The predicted octanol–water partition coefficient (Wildman–Crippen LogP) is 2.97. The Labute approximate surface area is 97.6 Å². The van der Waals surface area contributed by atoms with Crippen molar-refractivity contribution in [3.8, 4) is 0 Å². The summed E-state index contributed by atoms with van der Waals surface area (Å²) in [7, 11) is 0. The van der Waals surface area contributed by atoms with Gasteiger partial charge in [-0.05, 0) is 24.1 Å². The first-order chi connectivity index (χ1) is 7.00. The van der Waals surface area contributed by atoms with Gasteiger partial charge in [0.25, 0.3) is 0 Å². The van der Waals surface area contributed by atoms with Gasteiger partial charge < -0.3 is 10.4 Å². The minimum absolute atomic E-state index is 0.0430. The van der Waals surface area contributed by atoms with Crippen molar-refractivity contribution < 1.29 is 9.90 Å². The molecule has 0 fully saturated rings. The molecule has 0 aliphatic carbocycles. The van der Waals surface area contributed by atoms with Crippen LogP contribution in [0.4, 0.5) is 5.69 Å². The maximum absolute atomic E-state index is 11.0. The summed E-state index contributed by atoms with van der Waals surface area (Å²) in [6.45, 7) is 3.76. The maximum atomic E-state index is 11.0. The molecule has 82 valence electrons. The SMILES string of the molecule is CC(C)C(Nc1cccc(Br)c1)C(=O)O. The first-order valence-electron chi connectivity index (χ1n) is 4.75. The minimum atomic E-state index is -0.829. The van der Waals surface area contributed by atoms with Crippen molar-refractivity contribution in [1.29, 1.82) is 0 Å². The lowest BCUT2D eigenvalue weighted by atomic mass is 10.0.